The first-order valence-electron chi connectivity index (χ1n) is 12.2. The van der Waals surface area contributed by atoms with Crippen LogP contribution < -0.4 is 20.1 Å². The van der Waals surface area contributed by atoms with E-state index in [9.17, 15) is 9.59 Å². The quantitative estimate of drug-likeness (QED) is 0.495. The molecule has 2 aliphatic rings. The van der Waals surface area contributed by atoms with E-state index in [-0.39, 0.29) is 17.6 Å². The first-order valence-corrected chi connectivity index (χ1v) is 12.2. The van der Waals surface area contributed by atoms with Crippen molar-refractivity contribution in [3.63, 3.8) is 0 Å². The van der Waals surface area contributed by atoms with Crippen molar-refractivity contribution in [2.45, 2.75) is 31.6 Å². The number of aromatic nitrogens is 1. The molecule has 2 atom stereocenters. The maximum atomic E-state index is 13.8. The summed E-state index contributed by atoms with van der Waals surface area (Å²) in [5.41, 5.74) is 5.18. The van der Waals surface area contributed by atoms with Gasteiger partial charge in [0.15, 0.2) is 17.3 Å². The first kappa shape index (κ1) is 24.3. The topological polar surface area (TPSA) is 89.5 Å². The Morgan fingerprint density at radius 2 is 1.76 bits per heavy atom. The lowest BCUT2D eigenvalue weighted by Crippen LogP contribution is -2.37. The van der Waals surface area contributed by atoms with Gasteiger partial charge in [0.1, 0.15) is 0 Å². The van der Waals surface area contributed by atoms with Crippen molar-refractivity contribution in [1.29, 1.82) is 0 Å². The summed E-state index contributed by atoms with van der Waals surface area (Å²) >= 11 is 0. The van der Waals surface area contributed by atoms with E-state index < -0.39 is 5.92 Å². The van der Waals surface area contributed by atoms with Crippen molar-refractivity contribution in [1.82, 2.24) is 10.3 Å². The van der Waals surface area contributed by atoms with Gasteiger partial charge in [0, 0.05) is 41.1 Å². The van der Waals surface area contributed by atoms with Crippen LogP contribution >= 0.6 is 0 Å². The van der Waals surface area contributed by atoms with Crippen LogP contribution in [0.3, 0.4) is 0 Å². The number of methoxy groups -OCH3 is 2. The molecule has 188 valence electrons. The second kappa shape index (κ2) is 10.3. The van der Waals surface area contributed by atoms with Gasteiger partial charge in [-0.1, -0.05) is 36.4 Å². The van der Waals surface area contributed by atoms with Crippen molar-refractivity contribution < 1.29 is 19.1 Å². The summed E-state index contributed by atoms with van der Waals surface area (Å²) in [4.78, 5) is 31.6. The number of pyridine rings is 1. The van der Waals surface area contributed by atoms with E-state index in [2.05, 4.69) is 27.8 Å². The second-order valence-corrected chi connectivity index (χ2v) is 9.24. The number of hydrogen-bond acceptors (Lipinski definition) is 6. The number of rotatable bonds is 6. The third kappa shape index (κ3) is 4.72. The molecule has 5 rings (SSSR count). The monoisotopic (exact) mass is 495 g/mol. The van der Waals surface area contributed by atoms with Crippen LogP contribution in [0.2, 0.25) is 0 Å². The molecule has 1 aliphatic carbocycles. The molecule has 3 aromatic rings. The Morgan fingerprint density at radius 3 is 2.46 bits per heavy atom. The Hall–Kier alpha value is -4.39. The Balaban J connectivity index is 1.60. The van der Waals surface area contributed by atoms with Gasteiger partial charge < -0.3 is 20.1 Å². The number of nitrogens with zero attached hydrogens (tertiary/aromatic N) is 1. The molecule has 7 nitrogen and oxygen atoms in total. The Morgan fingerprint density at radius 1 is 0.973 bits per heavy atom. The molecule has 1 amide bonds. The minimum Gasteiger partial charge on any atom is -0.493 e. The number of carbonyl (C=O) groups is 2. The number of Topliss-reactive ketones (excluding diaryl/α,β-unsaturated/α-hetero) is 1. The van der Waals surface area contributed by atoms with E-state index in [1.54, 1.807) is 38.7 Å². The predicted molar refractivity (Wildman–Crippen MR) is 141 cm³/mol. The molecule has 2 heterocycles. The fraction of sp³-hybridized carbons (Fsp3) is 0.233. The lowest BCUT2D eigenvalue weighted by Gasteiger charge is -2.37. The highest BCUT2D eigenvalue weighted by Crippen LogP contribution is 2.46. The lowest BCUT2D eigenvalue weighted by atomic mass is 9.71. The average molecular weight is 496 g/mol. The molecule has 0 saturated heterocycles. The van der Waals surface area contributed by atoms with Gasteiger partial charge in [0.2, 0.25) is 0 Å². The molecule has 7 heteroatoms. The van der Waals surface area contributed by atoms with Gasteiger partial charge >= 0.3 is 0 Å². The predicted octanol–water partition coefficient (Wildman–Crippen LogP) is 5.10. The average Bonchev–Trinajstić information content (AvgIpc) is 2.92. The highest BCUT2D eigenvalue weighted by atomic mass is 16.5. The molecule has 0 bridgehead atoms. The number of allylic oxidation sites excluding steroid dienone is 3. The molecule has 0 spiro atoms. The molecule has 0 fully saturated rings. The number of dihydropyridines is 1. The van der Waals surface area contributed by atoms with Crippen LogP contribution in [0.4, 0.5) is 5.69 Å². The zero-order valence-corrected chi connectivity index (χ0v) is 21.1. The van der Waals surface area contributed by atoms with Gasteiger partial charge in [-0.15, -0.1) is 0 Å². The van der Waals surface area contributed by atoms with Crippen LogP contribution in [0.15, 0.2) is 95.6 Å². The number of ketones is 1. The number of ether oxygens (including phenoxy) is 2. The Bertz CT molecular complexity index is 1400. The molecule has 1 aromatic heterocycles. The number of amides is 1. The number of anilines is 1. The minimum absolute atomic E-state index is 0.0292. The van der Waals surface area contributed by atoms with E-state index in [0.717, 1.165) is 16.8 Å². The Labute approximate surface area is 216 Å². The van der Waals surface area contributed by atoms with Gasteiger partial charge in [0.05, 0.1) is 26.1 Å². The van der Waals surface area contributed by atoms with Crippen LogP contribution in [0, 0.1) is 0 Å². The molecule has 0 radical (unpaired) electrons. The molecular formula is C30H29N3O4. The number of carbonyl (C=O) groups excluding carboxylic acids is 2. The fourth-order valence-electron chi connectivity index (χ4n) is 5.30. The van der Waals surface area contributed by atoms with Gasteiger partial charge in [-0.05, 0) is 54.7 Å². The molecule has 2 N–H and O–H groups in total. The Kier molecular flexibility index (Phi) is 6.77. The van der Waals surface area contributed by atoms with E-state index in [4.69, 9.17) is 9.47 Å². The van der Waals surface area contributed by atoms with Crippen LogP contribution in [-0.4, -0.2) is 30.9 Å². The normalized spacial score (nSPS) is 19.2. The van der Waals surface area contributed by atoms with Crippen molar-refractivity contribution >= 4 is 17.4 Å². The SMILES string of the molecule is COc1ccc(C2C(C(=O)Nc3cccnc3)=C(C)NC3=C2C(=O)CC(c2ccccc2)C3)cc1OC. The molecule has 2 aromatic carbocycles. The first-order chi connectivity index (χ1) is 18.0. The number of hydrogen-bond donors (Lipinski definition) is 2. The summed E-state index contributed by atoms with van der Waals surface area (Å²) < 4.78 is 11.0. The second-order valence-electron chi connectivity index (χ2n) is 9.24. The lowest BCUT2D eigenvalue weighted by molar-refractivity contribution is -0.116. The van der Waals surface area contributed by atoms with E-state index in [1.807, 2.05) is 43.3 Å². The molecule has 2 unspecified atom stereocenters. The molecule has 37 heavy (non-hydrogen) atoms. The largest absolute Gasteiger partial charge is 0.493 e. The summed E-state index contributed by atoms with van der Waals surface area (Å²) in [5, 5.41) is 6.37. The standard InChI is InChI=1S/C30H29N3O4/c1-18-27(30(35)33-22-10-7-13-31-17-22)28(20-11-12-25(36-2)26(16-20)37-3)29-23(32-18)14-21(15-24(29)34)19-8-5-4-6-9-19/h4-13,16-17,21,28,32H,14-15H2,1-3H3,(H,33,35). The maximum Gasteiger partial charge on any atom is 0.254 e. The van der Waals surface area contributed by atoms with E-state index in [0.29, 0.717) is 46.9 Å². The van der Waals surface area contributed by atoms with Gasteiger partial charge in [-0.25, -0.2) is 0 Å². The van der Waals surface area contributed by atoms with Gasteiger partial charge in [-0.2, -0.15) is 0 Å². The third-order valence-electron chi connectivity index (χ3n) is 7.00. The molecule has 0 saturated carbocycles. The van der Waals surface area contributed by atoms with E-state index in [1.165, 1.54) is 0 Å². The van der Waals surface area contributed by atoms with Crippen LogP contribution in [0.5, 0.6) is 11.5 Å². The van der Waals surface area contributed by atoms with Gasteiger partial charge in [-0.3, -0.25) is 14.6 Å². The summed E-state index contributed by atoms with van der Waals surface area (Å²) in [5.74, 6) is 0.372. The fourth-order valence-corrected chi connectivity index (χ4v) is 5.30. The molecule has 1 aliphatic heterocycles. The van der Waals surface area contributed by atoms with Crippen LogP contribution in [0.25, 0.3) is 0 Å². The summed E-state index contributed by atoms with van der Waals surface area (Å²) in [6.45, 7) is 1.88. The van der Waals surface area contributed by atoms with Crippen LogP contribution in [0.1, 0.15) is 42.7 Å². The van der Waals surface area contributed by atoms with Crippen molar-refractivity contribution in [2.75, 3.05) is 19.5 Å². The number of nitrogens with one attached hydrogen (secondary N) is 2. The van der Waals surface area contributed by atoms with Crippen molar-refractivity contribution in [3.8, 4) is 11.5 Å². The summed E-state index contributed by atoms with van der Waals surface area (Å²) in [6, 6.07) is 19.2. The smallest absolute Gasteiger partial charge is 0.254 e. The molecular weight excluding hydrogens is 466 g/mol. The van der Waals surface area contributed by atoms with Crippen LogP contribution in [-0.2, 0) is 9.59 Å². The highest BCUT2D eigenvalue weighted by Gasteiger charge is 2.41. The van der Waals surface area contributed by atoms with Crippen molar-refractivity contribution in [3.05, 3.63) is 107 Å². The number of benzene rings is 2. The summed E-state index contributed by atoms with van der Waals surface area (Å²) in [6.07, 6.45) is 4.31. The zero-order valence-electron chi connectivity index (χ0n) is 21.1. The van der Waals surface area contributed by atoms with E-state index >= 15 is 0 Å². The highest BCUT2D eigenvalue weighted by molar-refractivity contribution is 6.10. The van der Waals surface area contributed by atoms with Gasteiger partial charge in [0.25, 0.3) is 5.91 Å². The zero-order chi connectivity index (χ0) is 25.9. The maximum absolute atomic E-state index is 13.8. The third-order valence-corrected chi connectivity index (χ3v) is 7.00. The van der Waals surface area contributed by atoms with Crippen molar-refractivity contribution in [2.24, 2.45) is 0 Å². The minimum atomic E-state index is -0.558. The summed E-state index contributed by atoms with van der Waals surface area (Å²) in [7, 11) is 3.15.